The van der Waals surface area contributed by atoms with Crippen molar-refractivity contribution in [2.45, 2.75) is 0 Å². The van der Waals surface area contributed by atoms with Crippen LogP contribution in [0.1, 0.15) is 0 Å². The van der Waals surface area contributed by atoms with Crippen molar-refractivity contribution in [3.8, 4) is 28.2 Å². The molecule has 9 rings (SSSR count). The van der Waals surface area contributed by atoms with Crippen LogP contribution >= 0.6 is 11.3 Å². The second kappa shape index (κ2) is 9.35. The molecule has 0 saturated heterocycles. The molecule has 0 amide bonds. The van der Waals surface area contributed by atoms with Crippen molar-refractivity contribution < 1.29 is 4.39 Å². The fraction of sp³-hybridized carbons (Fsp3) is 0. The lowest BCUT2D eigenvalue weighted by Gasteiger charge is -2.13. The second-order valence-corrected chi connectivity index (χ2v) is 11.9. The summed E-state index contributed by atoms with van der Waals surface area (Å²) in [6, 6.07) is 47.7. The summed E-state index contributed by atoms with van der Waals surface area (Å²) in [4.78, 5) is 5.23. The fourth-order valence-electron chi connectivity index (χ4n) is 6.51. The zero-order chi connectivity index (χ0) is 28.5. The molecule has 0 aliphatic heterocycles. The summed E-state index contributed by atoms with van der Waals surface area (Å²) in [5.41, 5.74) is 6.39. The maximum absolute atomic E-state index is 14.6. The molecule has 7 aromatic carbocycles. The largest absolute Gasteiger partial charge is 0.292 e. The van der Waals surface area contributed by atoms with Crippen LogP contribution in [0.3, 0.4) is 0 Å². The average Bonchev–Trinajstić information content (AvgIpc) is 3.63. The average molecular weight is 571 g/mol. The number of hydrogen-bond donors (Lipinski definition) is 0. The number of aromatic nitrogens is 2. The van der Waals surface area contributed by atoms with Gasteiger partial charge in [0.15, 0.2) is 0 Å². The van der Waals surface area contributed by atoms with Gasteiger partial charge in [0.1, 0.15) is 11.6 Å². The molecule has 0 radical (unpaired) electrons. The van der Waals surface area contributed by atoms with Crippen molar-refractivity contribution >= 4 is 64.1 Å². The van der Waals surface area contributed by atoms with Crippen LogP contribution in [0.5, 0.6) is 0 Å². The molecule has 9 aromatic rings. The smallest absolute Gasteiger partial charge is 0.147 e. The van der Waals surface area contributed by atoms with Crippen LogP contribution in [0.25, 0.3) is 81.0 Å². The van der Waals surface area contributed by atoms with Gasteiger partial charge in [-0.1, -0.05) is 97.1 Å². The maximum Gasteiger partial charge on any atom is 0.147 e. The first-order chi connectivity index (χ1) is 21.2. The molecular weight excluding hydrogens is 548 g/mol. The Morgan fingerprint density at radius 1 is 0.558 bits per heavy atom. The number of halogens is 1. The Morgan fingerprint density at radius 3 is 2.23 bits per heavy atom. The number of rotatable bonds is 3. The van der Waals surface area contributed by atoms with Crippen LogP contribution in [-0.4, -0.2) is 9.55 Å². The van der Waals surface area contributed by atoms with Gasteiger partial charge in [0.25, 0.3) is 0 Å². The molecule has 0 unspecified atom stereocenters. The Hall–Kier alpha value is -5.32. The molecule has 202 valence electrons. The Bertz CT molecular complexity index is 2530. The van der Waals surface area contributed by atoms with Gasteiger partial charge in [-0.25, -0.2) is 9.37 Å². The molecule has 2 nitrogen and oxygen atoms in total. The quantitative estimate of drug-likeness (QED) is 0.207. The SMILES string of the molecule is Fc1ccc(-c2ccc3sc4c(-c5nc6ccccc6n5-c5cccc6ccccc56)cccc4c3c2)c2ccccc12. The van der Waals surface area contributed by atoms with E-state index in [2.05, 4.69) is 102 Å². The third kappa shape index (κ3) is 3.67. The Kier molecular flexibility index (Phi) is 5.28. The standard InChI is InChI=1S/C39H23FN2S/c40-33-21-20-26(28-12-3-4-13-29(28)33)25-19-22-37-32(23-25)30-14-8-15-31(38(30)43-37)39-41-34-16-5-6-17-36(34)42(39)35-18-7-10-24-9-1-2-11-27(24)35/h1-23H. The van der Waals surface area contributed by atoms with Crippen molar-refractivity contribution in [1.29, 1.82) is 0 Å². The first-order valence-electron chi connectivity index (χ1n) is 14.3. The molecule has 0 fully saturated rings. The molecule has 0 saturated carbocycles. The second-order valence-electron chi connectivity index (χ2n) is 10.9. The van der Waals surface area contributed by atoms with Crippen LogP contribution in [0, 0.1) is 5.82 Å². The zero-order valence-corrected chi connectivity index (χ0v) is 23.8. The number of nitrogens with zero attached hydrogens (tertiary/aromatic N) is 2. The summed E-state index contributed by atoms with van der Waals surface area (Å²) in [6.45, 7) is 0. The molecule has 2 heterocycles. The summed E-state index contributed by atoms with van der Waals surface area (Å²) in [6.07, 6.45) is 0. The third-order valence-corrected chi connectivity index (χ3v) is 9.71. The summed E-state index contributed by atoms with van der Waals surface area (Å²) in [5.74, 6) is 0.736. The van der Waals surface area contributed by atoms with Crippen molar-refractivity contribution in [2.24, 2.45) is 0 Å². The van der Waals surface area contributed by atoms with Crippen LogP contribution < -0.4 is 0 Å². The van der Waals surface area contributed by atoms with Gasteiger partial charge in [0.05, 0.1) is 16.7 Å². The van der Waals surface area contributed by atoms with Crippen LogP contribution in [0.2, 0.25) is 0 Å². The summed E-state index contributed by atoms with van der Waals surface area (Å²) < 4.78 is 19.3. The highest BCUT2D eigenvalue weighted by molar-refractivity contribution is 7.26. The van der Waals surface area contributed by atoms with Crippen LogP contribution in [-0.2, 0) is 0 Å². The number of benzene rings is 7. The Balaban J connectivity index is 1.30. The number of hydrogen-bond acceptors (Lipinski definition) is 2. The highest BCUT2D eigenvalue weighted by Gasteiger charge is 2.20. The molecule has 0 N–H and O–H groups in total. The summed E-state index contributed by atoms with van der Waals surface area (Å²) in [5, 5.41) is 6.34. The maximum atomic E-state index is 14.6. The van der Waals surface area contributed by atoms with Crippen LogP contribution in [0.4, 0.5) is 4.39 Å². The molecule has 4 heteroatoms. The number of para-hydroxylation sites is 2. The lowest BCUT2D eigenvalue weighted by Crippen LogP contribution is -1.98. The number of imidazole rings is 1. The molecule has 0 aliphatic rings. The van der Waals surface area contributed by atoms with Gasteiger partial charge in [-0.05, 0) is 64.4 Å². The van der Waals surface area contributed by atoms with E-state index in [1.165, 1.54) is 30.9 Å². The van der Waals surface area contributed by atoms with E-state index >= 15 is 0 Å². The molecule has 0 bridgehead atoms. The van der Waals surface area contributed by atoms with Gasteiger partial charge in [0, 0.05) is 36.5 Å². The van der Waals surface area contributed by atoms with E-state index in [1.807, 2.05) is 36.4 Å². The first kappa shape index (κ1) is 24.3. The van der Waals surface area contributed by atoms with Crippen molar-refractivity contribution in [2.75, 3.05) is 0 Å². The predicted molar refractivity (Wildman–Crippen MR) is 180 cm³/mol. The first-order valence-corrected chi connectivity index (χ1v) is 15.2. The molecule has 43 heavy (non-hydrogen) atoms. The van der Waals surface area contributed by atoms with Gasteiger partial charge in [-0.2, -0.15) is 0 Å². The zero-order valence-electron chi connectivity index (χ0n) is 23.0. The van der Waals surface area contributed by atoms with E-state index in [0.29, 0.717) is 5.39 Å². The molecule has 0 spiro atoms. The Labute approximate surface area is 250 Å². The monoisotopic (exact) mass is 570 g/mol. The minimum Gasteiger partial charge on any atom is -0.292 e. The van der Waals surface area contributed by atoms with E-state index in [1.54, 1.807) is 17.4 Å². The van der Waals surface area contributed by atoms with E-state index in [9.17, 15) is 4.39 Å². The van der Waals surface area contributed by atoms with Gasteiger partial charge in [0.2, 0.25) is 0 Å². The molecule has 0 aliphatic carbocycles. The Morgan fingerprint density at radius 2 is 1.30 bits per heavy atom. The van der Waals surface area contributed by atoms with Gasteiger partial charge in [-0.15, -0.1) is 11.3 Å². The van der Waals surface area contributed by atoms with Crippen LogP contribution in [0.15, 0.2) is 140 Å². The van der Waals surface area contributed by atoms with E-state index in [-0.39, 0.29) is 5.82 Å². The normalized spacial score (nSPS) is 11.8. The fourth-order valence-corrected chi connectivity index (χ4v) is 7.70. The highest BCUT2D eigenvalue weighted by Crippen LogP contribution is 2.43. The van der Waals surface area contributed by atoms with E-state index in [0.717, 1.165) is 44.6 Å². The summed E-state index contributed by atoms with van der Waals surface area (Å²) in [7, 11) is 0. The predicted octanol–water partition coefficient (Wildman–Crippen LogP) is 11.2. The highest BCUT2D eigenvalue weighted by atomic mass is 32.1. The van der Waals surface area contributed by atoms with Crippen molar-refractivity contribution in [1.82, 2.24) is 9.55 Å². The summed E-state index contributed by atoms with van der Waals surface area (Å²) >= 11 is 1.80. The lowest BCUT2D eigenvalue weighted by atomic mass is 9.96. The van der Waals surface area contributed by atoms with Gasteiger partial charge in [-0.3, -0.25) is 4.57 Å². The van der Waals surface area contributed by atoms with Gasteiger partial charge >= 0.3 is 0 Å². The molecule has 0 atom stereocenters. The lowest BCUT2D eigenvalue weighted by molar-refractivity contribution is 0.640. The van der Waals surface area contributed by atoms with Gasteiger partial charge < -0.3 is 0 Å². The minimum atomic E-state index is -0.194. The third-order valence-electron chi connectivity index (χ3n) is 8.49. The topological polar surface area (TPSA) is 17.8 Å². The number of thiophene rings is 1. The van der Waals surface area contributed by atoms with Crippen molar-refractivity contribution in [3.05, 3.63) is 145 Å². The van der Waals surface area contributed by atoms with E-state index < -0.39 is 0 Å². The number of fused-ring (bicyclic) bond motifs is 6. The molecular formula is C39H23FN2S. The minimum absolute atomic E-state index is 0.194. The van der Waals surface area contributed by atoms with E-state index in [4.69, 9.17) is 4.98 Å². The van der Waals surface area contributed by atoms with Crippen molar-refractivity contribution in [3.63, 3.8) is 0 Å². The molecule has 2 aromatic heterocycles.